The number of carbonyl (C=O) groups excluding carboxylic acids is 2. The minimum atomic E-state index is -0.811. The highest BCUT2D eigenvalue weighted by Gasteiger charge is 2.45. The van der Waals surface area contributed by atoms with Crippen LogP contribution in [-0.2, 0) is 4.79 Å². The van der Waals surface area contributed by atoms with Crippen LogP contribution in [0.5, 0.6) is 0 Å². The smallest absolute Gasteiger partial charge is 0.325 e. The number of hydrogen-bond donors (Lipinski definition) is 3. The van der Waals surface area contributed by atoms with Crippen LogP contribution >= 0.6 is 23.2 Å². The van der Waals surface area contributed by atoms with Gasteiger partial charge in [0.15, 0.2) is 5.96 Å². The summed E-state index contributed by atoms with van der Waals surface area (Å²) in [5.74, 6) is 0.0696. The molecule has 1 aliphatic rings. The van der Waals surface area contributed by atoms with E-state index in [1.807, 2.05) is 19.9 Å². The van der Waals surface area contributed by atoms with E-state index >= 15 is 0 Å². The highest BCUT2D eigenvalue weighted by molar-refractivity contribution is 6.35. The number of guanidine groups is 1. The molecule has 4 N–H and O–H groups in total. The maximum atomic E-state index is 12.3. The van der Waals surface area contributed by atoms with Crippen molar-refractivity contribution < 1.29 is 9.59 Å². The molecule has 1 aliphatic heterocycles. The molecular formula is C18H25Cl2N5O2. The molecule has 9 heteroatoms. The quantitative estimate of drug-likeness (QED) is 0.276. The van der Waals surface area contributed by atoms with Crippen LogP contribution in [0.1, 0.15) is 45.2 Å². The summed E-state index contributed by atoms with van der Waals surface area (Å²) in [5.41, 5.74) is 5.96. The zero-order valence-corrected chi connectivity index (χ0v) is 17.2. The van der Waals surface area contributed by atoms with Crippen molar-refractivity contribution >= 4 is 41.1 Å². The molecule has 1 saturated heterocycles. The second-order valence-electron chi connectivity index (χ2n) is 6.72. The van der Waals surface area contributed by atoms with Crippen molar-refractivity contribution in [3.8, 4) is 0 Å². The molecular weight excluding hydrogens is 389 g/mol. The summed E-state index contributed by atoms with van der Waals surface area (Å²) in [6, 6.07) is 4.76. The molecule has 0 aliphatic carbocycles. The number of amides is 3. The second-order valence-corrected chi connectivity index (χ2v) is 7.57. The topological polar surface area (TPSA) is 99.8 Å². The summed E-state index contributed by atoms with van der Waals surface area (Å²) in [7, 11) is 0. The van der Waals surface area contributed by atoms with E-state index in [1.165, 1.54) is 4.90 Å². The van der Waals surface area contributed by atoms with Gasteiger partial charge in [-0.2, -0.15) is 0 Å². The second kappa shape index (κ2) is 8.80. The molecule has 2 unspecified atom stereocenters. The van der Waals surface area contributed by atoms with E-state index < -0.39 is 5.54 Å². The van der Waals surface area contributed by atoms with Crippen molar-refractivity contribution in [2.45, 2.75) is 45.2 Å². The van der Waals surface area contributed by atoms with Crippen LogP contribution in [0.3, 0.4) is 0 Å². The van der Waals surface area contributed by atoms with Gasteiger partial charge in [0.05, 0.1) is 6.04 Å². The summed E-state index contributed by atoms with van der Waals surface area (Å²) in [5, 5.41) is 6.91. The predicted molar refractivity (Wildman–Crippen MR) is 108 cm³/mol. The third-order valence-electron chi connectivity index (χ3n) is 4.67. The van der Waals surface area contributed by atoms with Crippen molar-refractivity contribution in [3.63, 3.8) is 0 Å². The van der Waals surface area contributed by atoms with Gasteiger partial charge in [0.1, 0.15) is 5.54 Å². The Labute approximate surface area is 169 Å². The monoisotopic (exact) mass is 413 g/mol. The number of aliphatic imine (C=N–C) groups is 1. The van der Waals surface area contributed by atoms with Gasteiger partial charge in [-0.15, -0.1) is 0 Å². The Hall–Kier alpha value is -1.99. The first-order chi connectivity index (χ1) is 12.7. The summed E-state index contributed by atoms with van der Waals surface area (Å²) >= 11 is 12.1. The first-order valence-electron chi connectivity index (χ1n) is 8.83. The standard InChI is InChI=1S/C18H25Cl2N5O2/c1-4-18(3)15(26)25(17(27)24-18)9-5-8-22-16(21)23-11(2)13-7-6-12(19)10-14(13)20/h6-7,10-11H,4-5,8-9H2,1-3H3,(H,24,27)(H3,21,22,23). The molecule has 2 atom stereocenters. The number of hydrogen-bond acceptors (Lipinski definition) is 3. The third-order valence-corrected chi connectivity index (χ3v) is 5.23. The molecule has 0 saturated carbocycles. The van der Waals surface area contributed by atoms with Gasteiger partial charge in [0.2, 0.25) is 0 Å². The molecule has 1 aromatic rings. The summed E-state index contributed by atoms with van der Waals surface area (Å²) < 4.78 is 0. The van der Waals surface area contributed by atoms with Gasteiger partial charge in [0.25, 0.3) is 5.91 Å². The molecule has 2 rings (SSSR count). The highest BCUT2D eigenvalue weighted by Crippen LogP contribution is 2.26. The molecule has 7 nitrogen and oxygen atoms in total. The fraction of sp³-hybridized carbons (Fsp3) is 0.500. The van der Waals surface area contributed by atoms with Gasteiger partial charge in [0, 0.05) is 23.1 Å². The number of carbonyl (C=O) groups is 2. The first-order valence-corrected chi connectivity index (χ1v) is 9.59. The molecule has 0 spiro atoms. The number of rotatable bonds is 7. The largest absolute Gasteiger partial charge is 0.370 e. The van der Waals surface area contributed by atoms with Crippen molar-refractivity contribution in [1.82, 2.24) is 15.5 Å². The molecule has 1 heterocycles. The van der Waals surface area contributed by atoms with Gasteiger partial charge in [-0.25, -0.2) is 4.79 Å². The van der Waals surface area contributed by atoms with Crippen LogP contribution in [0.2, 0.25) is 10.0 Å². The van der Waals surface area contributed by atoms with Crippen LogP contribution in [0.15, 0.2) is 23.2 Å². The number of benzene rings is 1. The molecule has 0 radical (unpaired) electrons. The van der Waals surface area contributed by atoms with Crippen molar-refractivity contribution in [3.05, 3.63) is 33.8 Å². The number of nitrogens with two attached hydrogens (primary N) is 1. The van der Waals surface area contributed by atoms with E-state index in [9.17, 15) is 9.59 Å². The molecule has 27 heavy (non-hydrogen) atoms. The highest BCUT2D eigenvalue weighted by atomic mass is 35.5. The number of nitrogens with one attached hydrogen (secondary N) is 2. The lowest BCUT2D eigenvalue weighted by molar-refractivity contribution is -0.130. The van der Waals surface area contributed by atoms with Crippen LogP contribution in [0, 0.1) is 0 Å². The van der Waals surface area contributed by atoms with E-state index in [0.29, 0.717) is 36.0 Å². The Bertz CT molecular complexity index is 755. The summed E-state index contributed by atoms with van der Waals surface area (Å²) in [6.45, 7) is 6.20. The van der Waals surface area contributed by atoms with Crippen molar-refractivity contribution in [2.24, 2.45) is 10.7 Å². The van der Waals surface area contributed by atoms with Gasteiger partial charge in [-0.05, 0) is 44.4 Å². The SMILES string of the molecule is CCC1(C)NC(=O)N(CCCN=C(N)NC(C)c2ccc(Cl)cc2Cl)C1=O. The number of nitrogens with zero attached hydrogens (tertiary/aromatic N) is 2. The molecule has 1 fully saturated rings. The van der Waals surface area contributed by atoms with E-state index in [-0.39, 0.29) is 23.9 Å². The summed E-state index contributed by atoms with van der Waals surface area (Å²) in [4.78, 5) is 29.7. The Morgan fingerprint density at radius 3 is 2.70 bits per heavy atom. The summed E-state index contributed by atoms with van der Waals surface area (Å²) in [6.07, 6.45) is 1.08. The van der Waals surface area contributed by atoms with Gasteiger partial charge in [-0.1, -0.05) is 36.2 Å². The van der Waals surface area contributed by atoms with E-state index in [0.717, 1.165) is 5.56 Å². The van der Waals surface area contributed by atoms with Gasteiger partial charge < -0.3 is 16.4 Å². The maximum Gasteiger partial charge on any atom is 0.325 e. The molecule has 3 amide bonds. The maximum absolute atomic E-state index is 12.3. The molecule has 0 bridgehead atoms. The molecule has 1 aromatic carbocycles. The fourth-order valence-corrected chi connectivity index (χ4v) is 3.39. The van der Waals surface area contributed by atoms with Crippen LogP contribution in [0.25, 0.3) is 0 Å². The van der Waals surface area contributed by atoms with Crippen molar-refractivity contribution in [1.29, 1.82) is 0 Å². The normalized spacial score (nSPS) is 21.4. The minimum Gasteiger partial charge on any atom is -0.370 e. The number of imide groups is 1. The Morgan fingerprint density at radius 1 is 1.41 bits per heavy atom. The van der Waals surface area contributed by atoms with Crippen LogP contribution in [0.4, 0.5) is 4.79 Å². The van der Waals surface area contributed by atoms with E-state index in [2.05, 4.69) is 15.6 Å². The molecule has 0 aromatic heterocycles. The van der Waals surface area contributed by atoms with Crippen LogP contribution in [-0.4, -0.2) is 41.4 Å². The van der Waals surface area contributed by atoms with Crippen LogP contribution < -0.4 is 16.4 Å². The Kier molecular flexibility index (Phi) is 6.95. The van der Waals surface area contributed by atoms with E-state index in [4.69, 9.17) is 28.9 Å². The fourth-order valence-electron chi connectivity index (χ4n) is 2.82. The number of halogens is 2. The van der Waals surface area contributed by atoms with Gasteiger partial charge in [-0.3, -0.25) is 14.7 Å². The van der Waals surface area contributed by atoms with E-state index in [1.54, 1.807) is 19.1 Å². The average molecular weight is 414 g/mol. The zero-order chi connectivity index (χ0) is 20.2. The first kappa shape index (κ1) is 21.3. The Balaban J connectivity index is 1.84. The lowest BCUT2D eigenvalue weighted by Gasteiger charge is -2.19. The average Bonchev–Trinajstić information content (AvgIpc) is 2.81. The number of urea groups is 1. The van der Waals surface area contributed by atoms with Gasteiger partial charge >= 0.3 is 6.03 Å². The predicted octanol–water partition coefficient (Wildman–Crippen LogP) is 3.07. The third kappa shape index (κ3) is 5.05. The minimum absolute atomic E-state index is 0.144. The Morgan fingerprint density at radius 2 is 2.11 bits per heavy atom. The van der Waals surface area contributed by atoms with Crippen molar-refractivity contribution in [2.75, 3.05) is 13.1 Å². The lowest BCUT2D eigenvalue weighted by atomic mass is 9.99. The molecule has 148 valence electrons. The lowest BCUT2D eigenvalue weighted by Crippen LogP contribution is -2.43. The zero-order valence-electron chi connectivity index (χ0n) is 15.7.